The van der Waals surface area contributed by atoms with Crippen LogP contribution in [0.25, 0.3) is 0 Å². The van der Waals surface area contributed by atoms with Crippen LogP contribution >= 0.6 is 0 Å². The molecule has 144 valence electrons. The molecule has 5 nitrogen and oxygen atoms in total. The van der Waals surface area contributed by atoms with E-state index in [2.05, 4.69) is 5.32 Å². The van der Waals surface area contributed by atoms with E-state index in [0.717, 1.165) is 51.4 Å². The Morgan fingerprint density at radius 3 is 1.77 bits per heavy atom. The predicted molar refractivity (Wildman–Crippen MR) is 104 cm³/mol. The molecule has 0 unspecified atom stereocenters. The smallest absolute Gasteiger partial charge is 0.243 e. The highest BCUT2D eigenvalue weighted by atomic mass is 32.2. The minimum Gasteiger partial charge on any atom is -0.326 e. The molecule has 0 saturated heterocycles. The van der Waals surface area contributed by atoms with Gasteiger partial charge in [0.05, 0.1) is 4.90 Å². The lowest BCUT2D eigenvalue weighted by Crippen LogP contribution is -2.48. The Morgan fingerprint density at radius 1 is 0.885 bits per heavy atom. The van der Waals surface area contributed by atoms with Crippen LogP contribution in [-0.4, -0.2) is 30.7 Å². The molecule has 1 amide bonds. The van der Waals surface area contributed by atoms with Gasteiger partial charge in [-0.3, -0.25) is 4.79 Å². The summed E-state index contributed by atoms with van der Waals surface area (Å²) in [6.45, 7) is 1.44. The van der Waals surface area contributed by atoms with Crippen molar-refractivity contribution in [1.29, 1.82) is 0 Å². The molecule has 2 aliphatic rings. The number of carbonyl (C=O) groups excluding carboxylic acids is 1. The third-order valence-electron chi connectivity index (χ3n) is 5.62. The number of amides is 1. The lowest BCUT2D eigenvalue weighted by molar-refractivity contribution is -0.114. The highest BCUT2D eigenvalue weighted by molar-refractivity contribution is 7.89. The first-order valence-electron chi connectivity index (χ1n) is 9.89. The Morgan fingerprint density at radius 2 is 1.35 bits per heavy atom. The number of carbonyl (C=O) groups is 1. The van der Waals surface area contributed by atoms with Crippen LogP contribution in [0.5, 0.6) is 0 Å². The molecular weight excluding hydrogens is 348 g/mol. The molecule has 0 aromatic heterocycles. The Hall–Kier alpha value is -1.40. The average molecular weight is 379 g/mol. The molecule has 0 radical (unpaired) electrons. The van der Waals surface area contributed by atoms with Crippen molar-refractivity contribution in [3.63, 3.8) is 0 Å². The van der Waals surface area contributed by atoms with Crippen molar-refractivity contribution in [3.8, 4) is 0 Å². The molecule has 2 saturated carbocycles. The quantitative estimate of drug-likeness (QED) is 0.830. The highest BCUT2D eigenvalue weighted by Gasteiger charge is 2.38. The summed E-state index contributed by atoms with van der Waals surface area (Å²) in [5.41, 5.74) is 0.623. The van der Waals surface area contributed by atoms with E-state index in [9.17, 15) is 13.2 Å². The maximum Gasteiger partial charge on any atom is 0.243 e. The summed E-state index contributed by atoms with van der Waals surface area (Å²) >= 11 is 0. The molecule has 1 aromatic carbocycles. The minimum absolute atomic E-state index is 0.131. The summed E-state index contributed by atoms with van der Waals surface area (Å²) < 4.78 is 28.9. The van der Waals surface area contributed by atoms with E-state index in [1.54, 1.807) is 24.3 Å². The van der Waals surface area contributed by atoms with Crippen molar-refractivity contribution in [2.45, 2.75) is 88.1 Å². The van der Waals surface area contributed by atoms with Crippen molar-refractivity contribution in [3.05, 3.63) is 24.3 Å². The van der Waals surface area contributed by atoms with E-state index in [0.29, 0.717) is 10.6 Å². The van der Waals surface area contributed by atoms with Gasteiger partial charge in [-0.15, -0.1) is 0 Å². The van der Waals surface area contributed by atoms with E-state index in [1.165, 1.54) is 19.8 Å². The lowest BCUT2D eigenvalue weighted by atomic mass is 9.91. The average Bonchev–Trinajstić information content (AvgIpc) is 2.63. The van der Waals surface area contributed by atoms with E-state index < -0.39 is 10.0 Å². The molecule has 2 aliphatic carbocycles. The molecule has 1 aromatic rings. The number of benzene rings is 1. The summed E-state index contributed by atoms with van der Waals surface area (Å²) in [7, 11) is -3.52. The number of sulfonamides is 1. The van der Waals surface area contributed by atoms with Gasteiger partial charge in [0.25, 0.3) is 0 Å². The van der Waals surface area contributed by atoms with E-state index >= 15 is 0 Å². The Kier molecular flexibility index (Phi) is 6.35. The van der Waals surface area contributed by atoms with Crippen LogP contribution in [0.15, 0.2) is 29.2 Å². The van der Waals surface area contributed by atoms with Crippen molar-refractivity contribution in [2.24, 2.45) is 0 Å². The fourth-order valence-corrected chi connectivity index (χ4v) is 6.33. The molecule has 2 fully saturated rings. The largest absolute Gasteiger partial charge is 0.326 e. The normalized spacial score (nSPS) is 20.2. The molecule has 0 aliphatic heterocycles. The SMILES string of the molecule is CC(=O)Nc1ccc(S(=O)(=O)N(C2CCCCC2)C2CCCCC2)cc1. The molecule has 0 spiro atoms. The maximum atomic E-state index is 13.5. The molecule has 0 heterocycles. The standard InChI is InChI=1S/C20H30N2O3S/c1-16(23)21-17-12-14-20(15-13-17)26(24,25)22(18-8-4-2-5-9-18)19-10-6-3-7-11-19/h12-15,18-19H,2-11H2,1H3,(H,21,23). The number of nitrogens with one attached hydrogen (secondary N) is 1. The second-order valence-electron chi connectivity index (χ2n) is 7.62. The molecule has 26 heavy (non-hydrogen) atoms. The fourth-order valence-electron chi connectivity index (χ4n) is 4.40. The van der Waals surface area contributed by atoms with Crippen LogP contribution in [-0.2, 0) is 14.8 Å². The van der Waals surface area contributed by atoms with Gasteiger partial charge in [0.15, 0.2) is 0 Å². The third-order valence-corrected chi connectivity index (χ3v) is 7.64. The molecule has 6 heteroatoms. The summed E-state index contributed by atoms with van der Waals surface area (Å²) in [6.07, 6.45) is 10.8. The van der Waals surface area contributed by atoms with Crippen LogP contribution < -0.4 is 5.32 Å². The van der Waals surface area contributed by atoms with Gasteiger partial charge >= 0.3 is 0 Å². The minimum atomic E-state index is -3.52. The third kappa shape index (κ3) is 4.46. The topological polar surface area (TPSA) is 66.5 Å². The van der Waals surface area contributed by atoms with Gasteiger partial charge in [-0.1, -0.05) is 38.5 Å². The van der Waals surface area contributed by atoms with Gasteiger partial charge in [0.1, 0.15) is 0 Å². The summed E-state index contributed by atoms with van der Waals surface area (Å²) in [4.78, 5) is 11.5. The Labute approximate surface area is 157 Å². The van der Waals surface area contributed by atoms with Gasteiger partial charge < -0.3 is 5.32 Å². The molecular formula is C20H30N2O3S. The van der Waals surface area contributed by atoms with Crippen molar-refractivity contribution >= 4 is 21.6 Å². The fraction of sp³-hybridized carbons (Fsp3) is 0.650. The highest BCUT2D eigenvalue weighted by Crippen LogP contribution is 2.34. The van der Waals surface area contributed by atoms with E-state index in [4.69, 9.17) is 0 Å². The van der Waals surface area contributed by atoms with Crippen LogP contribution in [0.3, 0.4) is 0 Å². The molecule has 3 rings (SSSR count). The zero-order valence-corrected chi connectivity index (χ0v) is 16.4. The predicted octanol–water partition coefficient (Wildman–Crippen LogP) is 4.30. The van der Waals surface area contributed by atoms with Crippen LogP contribution in [0.2, 0.25) is 0 Å². The Bertz CT molecular complexity index is 685. The second kappa shape index (κ2) is 8.53. The summed E-state index contributed by atoms with van der Waals surface area (Å²) in [6, 6.07) is 6.86. The maximum absolute atomic E-state index is 13.5. The Balaban J connectivity index is 1.88. The number of nitrogens with zero attached hydrogens (tertiary/aromatic N) is 1. The van der Waals surface area contributed by atoms with Gasteiger partial charge in [-0.05, 0) is 49.9 Å². The number of hydrogen-bond acceptors (Lipinski definition) is 3. The summed E-state index contributed by atoms with van der Waals surface area (Å²) in [5, 5.41) is 2.69. The van der Waals surface area contributed by atoms with Crippen LogP contribution in [0.1, 0.15) is 71.1 Å². The number of rotatable bonds is 5. The first-order chi connectivity index (χ1) is 12.5. The van der Waals surface area contributed by atoms with E-state index in [1.807, 2.05) is 4.31 Å². The summed E-state index contributed by atoms with van der Waals surface area (Å²) in [5.74, 6) is -0.161. The zero-order chi connectivity index (χ0) is 18.6. The van der Waals surface area contributed by atoms with Crippen molar-refractivity contribution in [1.82, 2.24) is 4.31 Å². The van der Waals surface area contributed by atoms with Gasteiger partial charge in [-0.2, -0.15) is 4.31 Å². The van der Waals surface area contributed by atoms with Crippen molar-refractivity contribution in [2.75, 3.05) is 5.32 Å². The van der Waals surface area contributed by atoms with E-state index in [-0.39, 0.29) is 18.0 Å². The van der Waals surface area contributed by atoms with Crippen molar-refractivity contribution < 1.29 is 13.2 Å². The number of hydrogen-bond donors (Lipinski definition) is 1. The first kappa shape index (κ1) is 19.4. The monoisotopic (exact) mass is 378 g/mol. The molecule has 1 N–H and O–H groups in total. The lowest BCUT2D eigenvalue weighted by Gasteiger charge is -2.40. The number of anilines is 1. The molecule has 0 atom stereocenters. The molecule has 0 bridgehead atoms. The van der Waals surface area contributed by atoms with Gasteiger partial charge in [0, 0.05) is 24.7 Å². The van der Waals surface area contributed by atoms with Crippen LogP contribution in [0, 0.1) is 0 Å². The van der Waals surface area contributed by atoms with Gasteiger partial charge in [-0.25, -0.2) is 8.42 Å². The first-order valence-corrected chi connectivity index (χ1v) is 11.3. The zero-order valence-electron chi connectivity index (χ0n) is 15.6. The van der Waals surface area contributed by atoms with Crippen LogP contribution in [0.4, 0.5) is 5.69 Å². The second-order valence-corrected chi connectivity index (χ2v) is 9.47. The van der Waals surface area contributed by atoms with Gasteiger partial charge in [0.2, 0.25) is 15.9 Å².